The fourth-order valence-electron chi connectivity index (χ4n) is 4.11. The van der Waals surface area contributed by atoms with E-state index in [1.54, 1.807) is 12.1 Å². The molecule has 2 aromatic carbocycles. The standard InChI is InChI=1S/C20H20O2/c1-2-12-9-14-11-16(22)4-7-17(14)19-6-3-13-10-15(21)5-8-18(13)20(12)19/h4-5,7-8,10-12,21-22H,2-3,6,9H2,1H3/t12-/m1/s1. The molecule has 2 aromatic rings. The molecule has 2 heteroatoms. The molecule has 2 N–H and O–H groups in total. The molecule has 2 nitrogen and oxygen atoms in total. The van der Waals surface area contributed by atoms with E-state index in [0.29, 0.717) is 17.4 Å². The van der Waals surface area contributed by atoms with Gasteiger partial charge < -0.3 is 10.2 Å². The van der Waals surface area contributed by atoms with E-state index in [4.69, 9.17) is 0 Å². The highest BCUT2D eigenvalue weighted by atomic mass is 16.3. The zero-order valence-electron chi connectivity index (χ0n) is 12.8. The molecule has 22 heavy (non-hydrogen) atoms. The first-order valence-electron chi connectivity index (χ1n) is 8.05. The molecular formula is C20H20O2. The molecule has 0 unspecified atom stereocenters. The van der Waals surface area contributed by atoms with Gasteiger partial charge >= 0.3 is 0 Å². The highest BCUT2D eigenvalue weighted by Crippen LogP contribution is 2.48. The average molecular weight is 292 g/mol. The lowest BCUT2D eigenvalue weighted by Crippen LogP contribution is -2.19. The molecule has 0 bridgehead atoms. The maximum absolute atomic E-state index is 9.79. The molecule has 2 aliphatic rings. The van der Waals surface area contributed by atoms with Gasteiger partial charge in [0.15, 0.2) is 0 Å². The predicted octanol–water partition coefficient (Wildman–Crippen LogP) is 4.54. The molecule has 0 spiro atoms. The first-order chi connectivity index (χ1) is 10.7. The van der Waals surface area contributed by atoms with Crippen LogP contribution >= 0.6 is 0 Å². The maximum atomic E-state index is 9.79. The summed E-state index contributed by atoms with van der Waals surface area (Å²) in [5.41, 5.74) is 8.04. The molecule has 0 fully saturated rings. The van der Waals surface area contributed by atoms with Gasteiger partial charge in [-0.05, 0) is 89.3 Å². The molecule has 0 heterocycles. The van der Waals surface area contributed by atoms with Crippen LogP contribution < -0.4 is 0 Å². The fourth-order valence-corrected chi connectivity index (χ4v) is 4.11. The third-order valence-corrected chi connectivity index (χ3v) is 5.13. The highest BCUT2D eigenvalue weighted by Gasteiger charge is 2.31. The number of benzene rings is 2. The number of fused-ring (bicyclic) bond motifs is 4. The van der Waals surface area contributed by atoms with E-state index in [2.05, 4.69) is 19.1 Å². The van der Waals surface area contributed by atoms with Crippen molar-refractivity contribution in [1.29, 1.82) is 0 Å². The number of phenolic OH excluding ortho intramolecular Hbond substituents is 2. The fraction of sp³-hybridized carbons (Fsp3) is 0.300. The van der Waals surface area contributed by atoms with Crippen LogP contribution in [0.4, 0.5) is 0 Å². The number of rotatable bonds is 1. The lowest BCUT2D eigenvalue weighted by molar-refractivity contribution is 0.472. The second-order valence-corrected chi connectivity index (χ2v) is 6.38. The summed E-state index contributed by atoms with van der Waals surface area (Å²) in [6.45, 7) is 2.23. The van der Waals surface area contributed by atoms with Crippen LogP contribution in [0.1, 0.15) is 42.0 Å². The van der Waals surface area contributed by atoms with Gasteiger partial charge in [-0.2, -0.15) is 0 Å². The number of aryl methyl sites for hydroxylation is 1. The van der Waals surface area contributed by atoms with Crippen LogP contribution in [0.15, 0.2) is 36.4 Å². The average Bonchev–Trinajstić information content (AvgIpc) is 2.52. The summed E-state index contributed by atoms with van der Waals surface area (Å²) in [5, 5.41) is 19.5. The summed E-state index contributed by atoms with van der Waals surface area (Å²) in [4.78, 5) is 0. The van der Waals surface area contributed by atoms with Gasteiger partial charge in [-0.1, -0.05) is 19.1 Å². The SMILES string of the molecule is CC[C@@H]1Cc2cc(O)ccc2C2=C1c1ccc(O)cc1CC2. The first-order valence-corrected chi connectivity index (χ1v) is 8.05. The largest absolute Gasteiger partial charge is 0.508 e. The number of allylic oxidation sites excluding steroid dienone is 2. The Labute approximate surface area is 130 Å². The molecule has 4 rings (SSSR count). The Morgan fingerprint density at radius 1 is 0.909 bits per heavy atom. The monoisotopic (exact) mass is 292 g/mol. The molecule has 0 radical (unpaired) electrons. The molecule has 0 amide bonds. The Morgan fingerprint density at radius 2 is 1.59 bits per heavy atom. The third-order valence-electron chi connectivity index (χ3n) is 5.13. The van der Waals surface area contributed by atoms with Crippen LogP contribution in [-0.2, 0) is 12.8 Å². The van der Waals surface area contributed by atoms with E-state index in [1.807, 2.05) is 12.1 Å². The lowest BCUT2D eigenvalue weighted by Gasteiger charge is -2.34. The molecule has 0 saturated heterocycles. The minimum atomic E-state index is 0.358. The number of hydrogen-bond donors (Lipinski definition) is 2. The minimum Gasteiger partial charge on any atom is -0.508 e. The second-order valence-electron chi connectivity index (χ2n) is 6.38. The smallest absolute Gasteiger partial charge is 0.115 e. The maximum Gasteiger partial charge on any atom is 0.115 e. The highest BCUT2D eigenvalue weighted by molar-refractivity contribution is 5.97. The van der Waals surface area contributed by atoms with E-state index in [0.717, 1.165) is 25.7 Å². The Kier molecular flexibility index (Phi) is 3.00. The van der Waals surface area contributed by atoms with Crippen LogP contribution in [-0.4, -0.2) is 10.2 Å². The Bertz CT molecular complexity index is 786. The van der Waals surface area contributed by atoms with Crippen LogP contribution in [0.2, 0.25) is 0 Å². The summed E-state index contributed by atoms with van der Waals surface area (Å²) < 4.78 is 0. The molecule has 0 saturated carbocycles. The Morgan fingerprint density at radius 3 is 2.32 bits per heavy atom. The van der Waals surface area contributed by atoms with E-state index in [-0.39, 0.29) is 0 Å². The van der Waals surface area contributed by atoms with Crippen molar-refractivity contribution in [3.8, 4) is 11.5 Å². The number of phenols is 2. The van der Waals surface area contributed by atoms with E-state index in [9.17, 15) is 10.2 Å². The number of hydrogen-bond acceptors (Lipinski definition) is 2. The van der Waals surface area contributed by atoms with Gasteiger partial charge in [-0.3, -0.25) is 0 Å². The summed E-state index contributed by atoms with van der Waals surface area (Å²) in [7, 11) is 0. The zero-order valence-corrected chi connectivity index (χ0v) is 12.8. The zero-order chi connectivity index (χ0) is 15.3. The Hall–Kier alpha value is -2.22. The van der Waals surface area contributed by atoms with Gasteiger partial charge in [0, 0.05) is 0 Å². The van der Waals surface area contributed by atoms with Gasteiger partial charge in [0.1, 0.15) is 11.5 Å². The number of aromatic hydroxyl groups is 2. The van der Waals surface area contributed by atoms with E-state index >= 15 is 0 Å². The predicted molar refractivity (Wildman–Crippen MR) is 88.8 cm³/mol. The van der Waals surface area contributed by atoms with Crippen LogP contribution in [0, 0.1) is 5.92 Å². The van der Waals surface area contributed by atoms with Crippen molar-refractivity contribution in [2.75, 3.05) is 0 Å². The van der Waals surface area contributed by atoms with Crippen molar-refractivity contribution >= 4 is 11.1 Å². The summed E-state index contributed by atoms with van der Waals surface area (Å²) in [6.07, 6.45) is 4.06. The van der Waals surface area contributed by atoms with Crippen molar-refractivity contribution in [1.82, 2.24) is 0 Å². The summed E-state index contributed by atoms with van der Waals surface area (Å²) >= 11 is 0. The van der Waals surface area contributed by atoms with Crippen LogP contribution in [0.25, 0.3) is 11.1 Å². The molecule has 0 aliphatic heterocycles. The lowest BCUT2D eigenvalue weighted by atomic mass is 9.70. The van der Waals surface area contributed by atoms with Crippen molar-refractivity contribution in [3.05, 3.63) is 58.7 Å². The first kappa shape index (κ1) is 13.4. The summed E-state index contributed by atoms with van der Waals surface area (Å²) in [6, 6.07) is 11.6. The topological polar surface area (TPSA) is 40.5 Å². The molecule has 112 valence electrons. The van der Waals surface area contributed by atoms with Gasteiger partial charge in [-0.25, -0.2) is 0 Å². The van der Waals surface area contributed by atoms with Crippen molar-refractivity contribution in [2.24, 2.45) is 5.92 Å². The molecule has 1 atom stereocenters. The van der Waals surface area contributed by atoms with E-state index < -0.39 is 0 Å². The van der Waals surface area contributed by atoms with Gasteiger partial charge in [-0.15, -0.1) is 0 Å². The normalized spacial score (nSPS) is 19.4. The van der Waals surface area contributed by atoms with Crippen molar-refractivity contribution in [2.45, 2.75) is 32.6 Å². The Balaban J connectivity index is 1.96. The summed E-state index contributed by atoms with van der Waals surface area (Å²) in [5.74, 6) is 1.21. The second kappa shape index (κ2) is 4.91. The van der Waals surface area contributed by atoms with Crippen LogP contribution in [0.5, 0.6) is 11.5 Å². The molecule has 0 aromatic heterocycles. The van der Waals surface area contributed by atoms with Crippen LogP contribution in [0.3, 0.4) is 0 Å². The van der Waals surface area contributed by atoms with Gasteiger partial charge in [0.2, 0.25) is 0 Å². The van der Waals surface area contributed by atoms with Crippen molar-refractivity contribution in [3.63, 3.8) is 0 Å². The molecular weight excluding hydrogens is 272 g/mol. The van der Waals surface area contributed by atoms with Gasteiger partial charge in [0.25, 0.3) is 0 Å². The minimum absolute atomic E-state index is 0.358. The third kappa shape index (κ3) is 1.94. The molecule has 2 aliphatic carbocycles. The van der Waals surface area contributed by atoms with Crippen molar-refractivity contribution < 1.29 is 10.2 Å². The van der Waals surface area contributed by atoms with E-state index in [1.165, 1.54) is 33.4 Å². The van der Waals surface area contributed by atoms with Gasteiger partial charge in [0.05, 0.1) is 0 Å². The quantitative estimate of drug-likeness (QED) is 0.810.